The Labute approximate surface area is 148 Å². The highest BCUT2D eigenvalue weighted by molar-refractivity contribution is 5.78. The fourth-order valence-corrected chi connectivity index (χ4v) is 3.08. The number of primary amides is 1. The van der Waals surface area contributed by atoms with Gasteiger partial charge in [-0.3, -0.25) is 14.5 Å². The predicted octanol–water partition coefficient (Wildman–Crippen LogP) is 0.490. The number of hydrogen-bond donors (Lipinski definition) is 2. The molecule has 0 unspecified atom stereocenters. The van der Waals surface area contributed by atoms with Crippen LogP contribution in [0.2, 0.25) is 0 Å². The van der Waals surface area contributed by atoms with Crippen LogP contribution in [-0.2, 0) is 14.3 Å². The predicted molar refractivity (Wildman–Crippen MR) is 94.4 cm³/mol. The highest BCUT2D eigenvalue weighted by Gasteiger charge is 2.35. The molecule has 0 bridgehead atoms. The average Bonchev–Trinajstić information content (AvgIpc) is 2.94. The highest BCUT2D eigenvalue weighted by atomic mass is 16.5. The van der Waals surface area contributed by atoms with Gasteiger partial charge < -0.3 is 20.5 Å². The summed E-state index contributed by atoms with van der Waals surface area (Å²) in [6, 6.07) is 7.65. The van der Waals surface area contributed by atoms with Crippen LogP contribution in [0.15, 0.2) is 24.3 Å². The number of ether oxygens (including phenoxy) is 2. The molecular formula is C18H27N3O4. The topological polar surface area (TPSA) is 93.9 Å². The van der Waals surface area contributed by atoms with E-state index in [0.29, 0.717) is 13.1 Å². The monoisotopic (exact) mass is 349 g/mol. The molecule has 3 N–H and O–H groups in total. The summed E-state index contributed by atoms with van der Waals surface area (Å²) in [6.45, 7) is 5.18. The zero-order chi connectivity index (χ0) is 18.4. The van der Waals surface area contributed by atoms with Gasteiger partial charge >= 0.3 is 0 Å². The van der Waals surface area contributed by atoms with E-state index in [9.17, 15) is 9.59 Å². The van der Waals surface area contributed by atoms with E-state index in [1.807, 2.05) is 43.0 Å². The van der Waals surface area contributed by atoms with Crippen LogP contribution in [0.25, 0.3) is 0 Å². The van der Waals surface area contributed by atoms with E-state index in [1.54, 1.807) is 7.11 Å². The van der Waals surface area contributed by atoms with Crippen LogP contribution < -0.4 is 15.8 Å². The summed E-state index contributed by atoms with van der Waals surface area (Å²) in [5, 5.41) is 3.02. The number of likely N-dealkylation sites (tertiary alicyclic amines) is 1. The molecule has 2 amide bonds. The third-order valence-corrected chi connectivity index (χ3v) is 4.19. The van der Waals surface area contributed by atoms with Crippen molar-refractivity contribution in [3.63, 3.8) is 0 Å². The maximum absolute atomic E-state index is 12.2. The van der Waals surface area contributed by atoms with Crippen LogP contribution in [0.5, 0.6) is 5.75 Å². The van der Waals surface area contributed by atoms with Crippen LogP contribution in [-0.4, -0.2) is 62.2 Å². The summed E-state index contributed by atoms with van der Waals surface area (Å²) in [4.78, 5) is 25.4. The second-order valence-corrected chi connectivity index (χ2v) is 6.58. The van der Waals surface area contributed by atoms with Crippen molar-refractivity contribution < 1.29 is 19.1 Å². The fraction of sp³-hybridized carbons (Fsp3) is 0.556. The van der Waals surface area contributed by atoms with Crippen molar-refractivity contribution in [2.45, 2.75) is 31.9 Å². The van der Waals surface area contributed by atoms with Gasteiger partial charge in [0.05, 0.1) is 19.8 Å². The second-order valence-electron chi connectivity index (χ2n) is 6.58. The van der Waals surface area contributed by atoms with E-state index in [-0.39, 0.29) is 43.0 Å². The van der Waals surface area contributed by atoms with Crippen molar-refractivity contribution in [2.75, 3.05) is 33.4 Å². The molecule has 1 aliphatic heterocycles. The van der Waals surface area contributed by atoms with Crippen molar-refractivity contribution in [1.82, 2.24) is 10.2 Å². The number of nitrogens with zero attached hydrogens (tertiary/aromatic N) is 1. The van der Waals surface area contributed by atoms with Crippen LogP contribution in [0.4, 0.5) is 0 Å². The van der Waals surface area contributed by atoms with Gasteiger partial charge in [-0.15, -0.1) is 0 Å². The summed E-state index contributed by atoms with van der Waals surface area (Å²) in [5.41, 5.74) is 6.38. The first-order chi connectivity index (χ1) is 11.9. The molecule has 0 radical (unpaired) electrons. The summed E-state index contributed by atoms with van der Waals surface area (Å²) in [5.74, 6) is 0.281. The Balaban J connectivity index is 2.11. The smallest absolute Gasteiger partial charge is 0.246 e. The maximum atomic E-state index is 12.2. The number of benzene rings is 1. The number of nitrogens with two attached hydrogens (primary N) is 1. The molecule has 2 atom stereocenters. The lowest BCUT2D eigenvalue weighted by Crippen LogP contribution is -2.42. The molecule has 7 nitrogen and oxygen atoms in total. The number of hydrogen-bond acceptors (Lipinski definition) is 5. The molecule has 1 saturated heterocycles. The number of carbonyl (C=O) groups is 2. The molecule has 0 saturated carbocycles. The maximum Gasteiger partial charge on any atom is 0.246 e. The molecule has 1 aromatic carbocycles. The number of carbonyl (C=O) groups excluding carboxylic acids is 2. The van der Waals surface area contributed by atoms with Crippen molar-refractivity contribution >= 4 is 11.8 Å². The Morgan fingerprint density at radius 1 is 1.36 bits per heavy atom. The molecular weight excluding hydrogens is 322 g/mol. The Bertz CT molecular complexity index is 606. The van der Waals surface area contributed by atoms with Crippen molar-refractivity contribution in [3.8, 4) is 5.75 Å². The van der Waals surface area contributed by atoms with E-state index in [4.69, 9.17) is 15.2 Å². The number of methoxy groups -OCH3 is 1. The lowest BCUT2D eigenvalue weighted by molar-refractivity contribution is -0.127. The highest BCUT2D eigenvalue weighted by Crippen LogP contribution is 2.29. The quantitative estimate of drug-likeness (QED) is 0.712. The minimum Gasteiger partial charge on any atom is -0.497 e. The minimum absolute atomic E-state index is 0.00475. The summed E-state index contributed by atoms with van der Waals surface area (Å²) < 4.78 is 10.7. The number of nitrogens with one attached hydrogen (secondary N) is 1. The van der Waals surface area contributed by atoms with Crippen LogP contribution in [0, 0.1) is 0 Å². The SMILES string of the molecule is COc1cccc([C@@H]2CN(CC(N)=O)C[C@H]2NC(=O)COC(C)C)c1. The van der Waals surface area contributed by atoms with Crippen LogP contribution >= 0.6 is 0 Å². The normalized spacial score (nSPS) is 20.6. The molecule has 0 aromatic heterocycles. The molecule has 1 heterocycles. The molecule has 1 aliphatic rings. The van der Waals surface area contributed by atoms with Gasteiger partial charge in [0.25, 0.3) is 0 Å². The van der Waals surface area contributed by atoms with E-state index in [0.717, 1.165) is 11.3 Å². The zero-order valence-electron chi connectivity index (χ0n) is 15.0. The zero-order valence-corrected chi connectivity index (χ0v) is 15.0. The Morgan fingerprint density at radius 3 is 2.76 bits per heavy atom. The first-order valence-corrected chi connectivity index (χ1v) is 8.44. The van der Waals surface area contributed by atoms with Gasteiger partial charge in [0, 0.05) is 25.0 Å². The molecule has 2 rings (SSSR count). The number of amides is 2. The van der Waals surface area contributed by atoms with Crippen LogP contribution in [0.1, 0.15) is 25.3 Å². The van der Waals surface area contributed by atoms with Gasteiger partial charge in [0.1, 0.15) is 12.4 Å². The van der Waals surface area contributed by atoms with Crippen LogP contribution in [0.3, 0.4) is 0 Å². The van der Waals surface area contributed by atoms with Crippen molar-refractivity contribution in [1.29, 1.82) is 0 Å². The summed E-state index contributed by atoms with van der Waals surface area (Å²) in [7, 11) is 1.62. The molecule has 7 heteroatoms. The lowest BCUT2D eigenvalue weighted by Gasteiger charge is -2.21. The van der Waals surface area contributed by atoms with Gasteiger partial charge in [0.15, 0.2) is 0 Å². The fourth-order valence-electron chi connectivity index (χ4n) is 3.08. The average molecular weight is 349 g/mol. The molecule has 1 aromatic rings. The Morgan fingerprint density at radius 2 is 2.12 bits per heavy atom. The van der Waals surface area contributed by atoms with Crippen molar-refractivity contribution in [2.24, 2.45) is 5.73 Å². The Kier molecular flexibility index (Phi) is 6.78. The summed E-state index contributed by atoms with van der Waals surface area (Å²) in [6.07, 6.45) is -0.00475. The molecule has 25 heavy (non-hydrogen) atoms. The molecule has 138 valence electrons. The summed E-state index contributed by atoms with van der Waals surface area (Å²) >= 11 is 0. The van der Waals surface area contributed by atoms with Crippen molar-refractivity contribution in [3.05, 3.63) is 29.8 Å². The first kappa shape index (κ1) is 19.2. The van der Waals surface area contributed by atoms with E-state index in [1.165, 1.54) is 0 Å². The second kappa shape index (κ2) is 8.82. The number of rotatable bonds is 8. The minimum atomic E-state index is -0.375. The largest absolute Gasteiger partial charge is 0.497 e. The van der Waals surface area contributed by atoms with Gasteiger partial charge in [-0.25, -0.2) is 0 Å². The van der Waals surface area contributed by atoms with Gasteiger partial charge in [-0.2, -0.15) is 0 Å². The first-order valence-electron chi connectivity index (χ1n) is 8.44. The Hall–Kier alpha value is -2.12. The third-order valence-electron chi connectivity index (χ3n) is 4.19. The third kappa shape index (κ3) is 5.72. The van der Waals surface area contributed by atoms with E-state index >= 15 is 0 Å². The van der Waals surface area contributed by atoms with Gasteiger partial charge in [0.2, 0.25) is 11.8 Å². The van der Waals surface area contributed by atoms with E-state index in [2.05, 4.69) is 5.32 Å². The lowest BCUT2D eigenvalue weighted by atomic mass is 9.94. The molecule has 0 spiro atoms. The molecule has 1 fully saturated rings. The van der Waals surface area contributed by atoms with Gasteiger partial charge in [-0.05, 0) is 31.5 Å². The van der Waals surface area contributed by atoms with Gasteiger partial charge in [-0.1, -0.05) is 12.1 Å². The molecule has 0 aliphatic carbocycles. The van der Waals surface area contributed by atoms with E-state index < -0.39 is 0 Å². The standard InChI is InChI=1S/C18H27N3O4/c1-12(2)25-11-18(23)20-16-9-21(10-17(19)22)8-15(16)13-5-4-6-14(7-13)24-3/h4-7,12,15-16H,8-11H2,1-3H3,(H2,19,22)(H,20,23)/t15-,16+/m0/s1.